The second kappa shape index (κ2) is 10.9. The number of hydrogen-bond acceptors (Lipinski definition) is 9. The molecule has 9 heteroatoms. The molecule has 0 saturated carbocycles. The first-order valence-electron chi connectivity index (χ1n) is 12.4. The third-order valence-corrected chi connectivity index (χ3v) is 7.29. The molecule has 2 aliphatic rings. The largest absolute Gasteiger partial charge is 0.504 e. The molecule has 2 aliphatic heterocycles. The first-order chi connectivity index (χ1) is 19.0. The Morgan fingerprint density at radius 1 is 0.769 bits per heavy atom. The van der Waals surface area contributed by atoms with Gasteiger partial charge < -0.3 is 39.0 Å². The predicted molar refractivity (Wildman–Crippen MR) is 142 cm³/mol. The summed E-state index contributed by atoms with van der Waals surface area (Å²) >= 11 is 0. The van der Waals surface area contributed by atoms with E-state index in [1.165, 1.54) is 33.5 Å². The van der Waals surface area contributed by atoms with E-state index in [9.17, 15) is 20.1 Å². The monoisotopic (exact) mass is 534 g/mol. The van der Waals surface area contributed by atoms with Gasteiger partial charge in [-0.05, 0) is 59.2 Å². The van der Waals surface area contributed by atoms with Crippen molar-refractivity contribution in [2.45, 2.75) is 24.0 Å². The van der Waals surface area contributed by atoms with E-state index in [0.717, 1.165) is 27.8 Å². The number of carbonyl (C=O) groups is 1. The van der Waals surface area contributed by atoms with E-state index in [1.54, 1.807) is 24.3 Å². The van der Waals surface area contributed by atoms with E-state index in [-0.39, 0.29) is 19.0 Å². The van der Waals surface area contributed by atoms with E-state index in [4.69, 9.17) is 23.7 Å². The average molecular weight is 535 g/mol. The van der Waals surface area contributed by atoms with Crippen LogP contribution in [0.4, 0.5) is 0 Å². The number of aldehydes is 1. The number of fused-ring (bicyclic) bond motifs is 2. The maximum absolute atomic E-state index is 10.8. The van der Waals surface area contributed by atoms with Crippen LogP contribution in [-0.4, -0.2) is 56.1 Å². The second-order valence-corrected chi connectivity index (χ2v) is 9.36. The zero-order valence-corrected chi connectivity index (χ0v) is 21.8. The highest BCUT2D eigenvalue weighted by atomic mass is 16.5. The molecule has 0 radical (unpaired) electrons. The normalized spacial score (nSPS) is 21.2. The number of aliphatic hydroxyl groups is 2. The van der Waals surface area contributed by atoms with Crippen molar-refractivity contribution in [2.24, 2.45) is 0 Å². The Labute approximate surface area is 225 Å². The molecule has 5 rings (SSSR count). The van der Waals surface area contributed by atoms with Crippen molar-refractivity contribution < 1.29 is 43.8 Å². The zero-order chi connectivity index (χ0) is 27.7. The lowest BCUT2D eigenvalue weighted by atomic mass is 9.86. The predicted octanol–water partition coefficient (Wildman–Crippen LogP) is 4.05. The van der Waals surface area contributed by atoms with Gasteiger partial charge in [0.2, 0.25) is 0 Å². The lowest BCUT2D eigenvalue weighted by molar-refractivity contribution is -0.104. The summed E-state index contributed by atoms with van der Waals surface area (Å²) < 4.78 is 29.2. The smallest absolute Gasteiger partial charge is 0.165 e. The van der Waals surface area contributed by atoms with Crippen LogP contribution in [0.2, 0.25) is 0 Å². The Bertz CT molecular complexity index is 1410. The minimum Gasteiger partial charge on any atom is -0.504 e. The Kier molecular flexibility index (Phi) is 7.36. The van der Waals surface area contributed by atoms with Gasteiger partial charge in [0.1, 0.15) is 18.5 Å². The minimum absolute atomic E-state index is 0.00500. The summed E-state index contributed by atoms with van der Waals surface area (Å²) in [6.07, 6.45) is 2.63. The van der Waals surface area contributed by atoms with Gasteiger partial charge in [-0.2, -0.15) is 0 Å². The fourth-order valence-electron chi connectivity index (χ4n) is 5.41. The van der Waals surface area contributed by atoms with E-state index in [2.05, 4.69) is 0 Å². The van der Waals surface area contributed by atoms with Crippen molar-refractivity contribution >= 4 is 12.4 Å². The topological polar surface area (TPSA) is 124 Å². The number of phenols is 1. The van der Waals surface area contributed by atoms with Crippen LogP contribution in [0, 0.1) is 0 Å². The van der Waals surface area contributed by atoms with Crippen LogP contribution in [0.1, 0.15) is 51.9 Å². The van der Waals surface area contributed by atoms with Crippen LogP contribution in [0.15, 0.2) is 48.5 Å². The summed E-state index contributed by atoms with van der Waals surface area (Å²) in [4.78, 5) is 10.8. The Balaban J connectivity index is 1.56. The van der Waals surface area contributed by atoms with Gasteiger partial charge in [-0.25, -0.2) is 0 Å². The second-order valence-electron chi connectivity index (χ2n) is 9.36. The third-order valence-electron chi connectivity index (χ3n) is 7.29. The van der Waals surface area contributed by atoms with Crippen LogP contribution in [0.25, 0.3) is 6.08 Å². The average Bonchev–Trinajstić information content (AvgIpc) is 3.53. The van der Waals surface area contributed by atoms with Crippen molar-refractivity contribution in [3.63, 3.8) is 0 Å². The summed E-state index contributed by atoms with van der Waals surface area (Å²) in [5.41, 5.74) is 3.70. The SMILES string of the molecule is COc1cc([C@H]2Oc3c(OC)cc([C@H]4Oc5c(OC)cc(/C=C/C=O)cc5[C@@H]4CO)cc3[C@@H]2CO)ccc1O. The maximum Gasteiger partial charge on any atom is 0.165 e. The van der Waals surface area contributed by atoms with Gasteiger partial charge in [-0.1, -0.05) is 12.1 Å². The standard InChI is InChI=1S/C30H30O9/c1-35-24-12-17(6-7-23(24)34)27-22(15-33)20-11-18(13-26(37-3)30(20)38-27)28-21(14-32)19-9-16(5-4-8-31)10-25(36-2)29(19)39-28/h4-13,21-22,27-28,32-34H,14-15H2,1-3H3/b5-4+/t21-,22-,27+,28+/m0/s1. The molecule has 3 aromatic carbocycles. The Morgan fingerprint density at radius 2 is 1.33 bits per heavy atom. The summed E-state index contributed by atoms with van der Waals surface area (Å²) in [6.45, 7) is -0.403. The summed E-state index contributed by atoms with van der Waals surface area (Å²) in [5.74, 6) is 1.43. The molecule has 0 amide bonds. The number of hydrogen-bond donors (Lipinski definition) is 3. The van der Waals surface area contributed by atoms with Crippen molar-refractivity contribution in [3.8, 4) is 34.5 Å². The third kappa shape index (κ3) is 4.53. The van der Waals surface area contributed by atoms with Gasteiger partial charge in [-0.15, -0.1) is 0 Å². The number of rotatable bonds is 9. The van der Waals surface area contributed by atoms with Gasteiger partial charge in [0.15, 0.2) is 34.5 Å². The summed E-state index contributed by atoms with van der Waals surface area (Å²) in [6, 6.07) is 12.3. The van der Waals surface area contributed by atoms with Gasteiger partial charge in [0, 0.05) is 11.1 Å². The van der Waals surface area contributed by atoms with Crippen LogP contribution in [0.5, 0.6) is 34.5 Å². The van der Waals surface area contributed by atoms with Crippen molar-refractivity contribution in [3.05, 3.63) is 76.4 Å². The molecule has 3 aromatic rings. The molecule has 0 saturated heterocycles. The molecule has 0 aromatic heterocycles. The van der Waals surface area contributed by atoms with Crippen LogP contribution < -0.4 is 23.7 Å². The van der Waals surface area contributed by atoms with E-state index in [1.807, 2.05) is 18.2 Å². The first kappa shape index (κ1) is 26.4. The number of carbonyl (C=O) groups excluding carboxylic acids is 1. The number of allylic oxidation sites excluding steroid dienone is 1. The number of aromatic hydroxyl groups is 1. The van der Waals surface area contributed by atoms with E-state index >= 15 is 0 Å². The number of ether oxygens (including phenoxy) is 5. The van der Waals surface area contributed by atoms with Crippen molar-refractivity contribution in [1.29, 1.82) is 0 Å². The molecule has 0 fully saturated rings. The van der Waals surface area contributed by atoms with Gasteiger partial charge in [-0.3, -0.25) is 4.79 Å². The summed E-state index contributed by atoms with van der Waals surface area (Å²) in [7, 11) is 4.54. The highest BCUT2D eigenvalue weighted by Crippen LogP contribution is 2.55. The quantitative estimate of drug-likeness (QED) is 0.276. The lowest BCUT2D eigenvalue weighted by Crippen LogP contribution is -2.15. The molecule has 2 heterocycles. The number of aliphatic hydroxyl groups excluding tert-OH is 2. The minimum atomic E-state index is -0.574. The molecule has 3 N–H and O–H groups in total. The van der Waals surface area contributed by atoms with Crippen LogP contribution >= 0.6 is 0 Å². The highest BCUT2D eigenvalue weighted by Gasteiger charge is 2.42. The Hall–Kier alpha value is -4.21. The zero-order valence-electron chi connectivity index (χ0n) is 21.8. The molecule has 0 bridgehead atoms. The molecule has 0 unspecified atom stereocenters. The van der Waals surface area contributed by atoms with Gasteiger partial charge >= 0.3 is 0 Å². The fraction of sp³-hybridized carbons (Fsp3) is 0.300. The molecular weight excluding hydrogens is 504 g/mol. The number of benzene rings is 3. The first-order valence-corrected chi connectivity index (χ1v) is 12.4. The number of methoxy groups -OCH3 is 3. The molecule has 0 aliphatic carbocycles. The Morgan fingerprint density at radius 3 is 1.92 bits per heavy atom. The van der Waals surface area contributed by atoms with Crippen molar-refractivity contribution in [1.82, 2.24) is 0 Å². The molecule has 39 heavy (non-hydrogen) atoms. The lowest BCUT2D eigenvalue weighted by Gasteiger charge is -2.20. The van der Waals surface area contributed by atoms with Crippen LogP contribution in [-0.2, 0) is 4.79 Å². The number of phenolic OH excluding ortho intramolecular Hbond substituents is 1. The molecular formula is C30H30O9. The fourth-order valence-corrected chi connectivity index (χ4v) is 5.41. The van der Waals surface area contributed by atoms with Gasteiger partial charge in [0.05, 0.1) is 46.4 Å². The molecule has 204 valence electrons. The van der Waals surface area contributed by atoms with E-state index in [0.29, 0.717) is 35.0 Å². The summed E-state index contributed by atoms with van der Waals surface area (Å²) in [5, 5.41) is 30.9. The molecule has 0 spiro atoms. The highest BCUT2D eigenvalue weighted by molar-refractivity contribution is 5.75. The molecule has 4 atom stereocenters. The van der Waals surface area contributed by atoms with Gasteiger partial charge in [0.25, 0.3) is 0 Å². The molecule has 9 nitrogen and oxygen atoms in total. The van der Waals surface area contributed by atoms with Crippen molar-refractivity contribution in [2.75, 3.05) is 34.5 Å². The van der Waals surface area contributed by atoms with E-state index < -0.39 is 24.0 Å². The maximum atomic E-state index is 10.8. The van der Waals surface area contributed by atoms with Crippen LogP contribution in [0.3, 0.4) is 0 Å².